The molecular weight excluding hydrogens is 230 g/mol. The van der Waals surface area contributed by atoms with Crippen molar-refractivity contribution < 1.29 is 14.7 Å². The molecule has 1 amide bonds. The summed E-state index contributed by atoms with van der Waals surface area (Å²) in [4.78, 5) is 25.2. The number of carbonyl (C=O) groups excluding carboxylic acids is 1. The number of nitrogens with zero attached hydrogens (tertiary/aromatic N) is 1. The molecule has 0 spiro atoms. The normalized spacial score (nSPS) is 22.4. The standard InChI is InChI=1S/C14H15NO3/c16-13(9-5-6-9)15-8-7-11(14(17)18)10-3-1-2-4-12(10)15/h1-4,9,11H,5-8H2,(H,17,18). The molecule has 0 aromatic heterocycles. The fourth-order valence-electron chi connectivity index (χ4n) is 2.60. The van der Waals surface area contributed by atoms with Crippen LogP contribution in [-0.4, -0.2) is 23.5 Å². The maximum absolute atomic E-state index is 12.2. The highest BCUT2D eigenvalue weighted by Crippen LogP contribution is 2.39. The first-order chi connectivity index (χ1) is 8.68. The molecule has 1 aliphatic heterocycles. The lowest BCUT2D eigenvalue weighted by Gasteiger charge is -2.32. The Kier molecular flexibility index (Phi) is 2.58. The number of carboxylic acids is 1. The van der Waals surface area contributed by atoms with Gasteiger partial charge in [0.1, 0.15) is 0 Å². The minimum atomic E-state index is -0.805. The fourth-order valence-corrected chi connectivity index (χ4v) is 2.60. The van der Waals surface area contributed by atoms with Crippen LogP contribution in [0.2, 0.25) is 0 Å². The van der Waals surface area contributed by atoms with Crippen LogP contribution >= 0.6 is 0 Å². The largest absolute Gasteiger partial charge is 0.481 e. The van der Waals surface area contributed by atoms with E-state index in [1.807, 2.05) is 24.3 Å². The van der Waals surface area contributed by atoms with Crippen molar-refractivity contribution >= 4 is 17.6 Å². The summed E-state index contributed by atoms with van der Waals surface area (Å²) in [7, 11) is 0. The monoisotopic (exact) mass is 245 g/mol. The topological polar surface area (TPSA) is 57.6 Å². The van der Waals surface area contributed by atoms with Crippen LogP contribution in [0.25, 0.3) is 0 Å². The SMILES string of the molecule is O=C(O)C1CCN(C(=O)C2CC2)c2ccccc21. The van der Waals surface area contributed by atoms with Crippen LogP contribution in [0.4, 0.5) is 5.69 Å². The molecule has 3 rings (SSSR count). The Morgan fingerprint density at radius 1 is 1.17 bits per heavy atom. The summed E-state index contributed by atoms with van der Waals surface area (Å²) in [5.74, 6) is -0.962. The number of hydrogen-bond acceptors (Lipinski definition) is 2. The summed E-state index contributed by atoms with van der Waals surface area (Å²) in [6.07, 6.45) is 2.45. The number of fused-ring (bicyclic) bond motifs is 1. The average Bonchev–Trinajstić information content (AvgIpc) is 3.20. The minimum absolute atomic E-state index is 0.159. The highest BCUT2D eigenvalue weighted by atomic mass is 16.4. The molecule has 1 heterocycles. The van der Waals surface area contributed by atoms with Gasteiger partial charge in [-0.1, -0.05) is 18.2 Å². The second-order valence-electron chi connectivity index (χ2n) is 5.00. The van der Waals surface area contributed by atoms with Gasteiger partial charge in [-0.15, -0.1) is 0 Å². The van der Waals surface area contributed by atoms with Gasteiger partial charge < -0.3 is 10.0 Å². The molecule has 18 heavy (non-hydrogen) atoms. The summed E-state index contributed by atoms with van der Waals surface area (Å²) < 4.78 is 0. The van der Waals surface area contributed by atoms with Crippen molar-refractivity contribution in [2.45, 2.75) is 25.2 Å². The molecule has 1 aliphatic carbocycles. The van der Waals surface area contributed by atoms with E-state index in [0.29, 0.717) is 13.0 Å². The van der Waals surface area contributed by atoms with E-state index in [-0.39, 0.29) is 11.8 Å². The van der Waals surface area contributed by atoms with Gasteiger partial charge in [-0.05, 0) is 30.9 Å². The summed E-state index contributed by atoms with van der Waals surface area (Å²) in [5, 5.41) is 9.23. The molecule has 1 saturated carbocycles. The number of para-hydroxylation sites is 1. The first kappa shape index (κ1) is 11.3. The zero-order valence-corrected chi connectivity index (χ0v) is 10.0. The molecule has 1 aromatic carbocycles. The Bertz CT molecular complexity index is 508. The highest BCUT2D eigenvalue weighted by molar-refractivity contribution is 5.98. The van der Waals surface area contributed by atoms with Gasteiger partial charge in [0, 0.05) is 18.2 Å². The van der Waals surface area contributed by atoms with Crippen molar-refractivity contribution in [1.29, 1.82) is 0 Å². The third-order valence-corrected chi connectivity index (χ3v) is 3.74. The first-order valence-electron chi connectivity index (χ1n) is 6.31. The van der Waals surface area contributed by atoms with E-state index >= 15 is 0 Å². The Morgan fingerprint density at radius 3 is 2.56 bits per heavy atom. The lowest BCUT2D eigenvalue weighted by molar-refractivity contribution is -0.139. The highest BCUT2D eigenvalue weighted by Gasteiger charge is 2.38. The van der Waals surface area contributed by atoms with E-state index < -0.39 is 11.9 Å². The van der Waals surface area contributed by atoms with Crippen molar-refractivity contribution in [3.63, 3.8) is 0 Å². The quantitative estimate of drug-likeness (QED) is 0.867. The Morgan fingerprint density at radius 2 is 1.89 bits per heavy atom. The summed E-state index contributed by atoms with van der Waals surface area (Å²) in [6, 6.07) is 7.36. The molecular formula is C14H15NO3. The average molecular weight is 245 g/mol. The van der Waals surface area contributed by atoms with Crippen LogP contribution in [-0.2, 0) is 9.59 Å². The third kappa shape index (κ3) is 1.78. The van der Waals surface area contributed by atoms with Crippen LogP contribution in [0.3, 0.4) is 0 Å². The Hall–Kier alpha value is -1.84. The molecule has 94 valence electrons. The van der Waals surface area contributed by atoms with E-state index in [1.54, 1.807) is 4.90 Å². The van der Waals surface area contributed by atoms with Crippen molar-refractivity contribution in [3.8, 4) is 0 Å². The van der Waals surface area contributed by atoms with E-state index in [2.05, 4.69) is 0 Å². The molecule has 1 N–H and O–H groups in total. The zero-order chi connectivity index (χ0) is 12.7. The molecule has 1 fully saturated rings. The van der Waals surface area contributed by atoms with Crippen LogP contribution in [0.1, 0.15) is 30.7 Å². The van der Waals surface area contributed by atoms with Gasteiger partial charge in [-0.3, -0.25) is 9.59 Å². The maximum Gasteiger partial charge on any atom is 0.311 e. The molecule has 0 bridgehead atoms. The van der Waals surface area contributed by atoms with Crippen molar-refractivity contribution in [3.05, 3.63) is 29.8 Å². The van der Waals surface area contributed by atoms with Gasteiger partial charge in [0.15, 0.2) is 0 Å². The second kappa shape index (κ2) is 4.12. The van der Waals surface area contributed by atoms with Crippen molar-refractivity contribution in [2.75, 3.05) is 11.4 Å². The van der Waals surface area contributed by atoms with Crippen LogP contribution in [0, 0.1) is 5.92 Å². The van der Waals surface area contributed by atoms with Crippen LogP contribution < -0.4 is 4.90 Å². The van der Waals surface area contributed by atoms with Gasteiger partial charge in [0.25, 0.3) is 0 Å². The number of rotatable bonds is 2. The molecule has 0 saturated heterocycles. The first-order valence-corrected chi connectivity index (χ1v) is 6.31. The minimum Gasteiger partial charge on any atom is -0.481 e. The van der Waals surface area contributed by atoms with Gasteiger partial charge in [0.2, 0.25) is 5.91 Å². The van der Waals surface area contributed by atoms with Crippen molar-refractivity contribution in [2.24, 2.45) is 5.92 Å². The summed E-state index contributed by atoms with van der Waals surface area (Å²) in [5.41, 5.74) is 1.55. The Balaban J connectivity index is 1.98. The van der Waals surface area contributed by atoms with E-state index in [9.17, 15) is 14.7 Å². The van der Waals surface area contributed by atoms with Crippen LogP contribution in [0.5, 0.6) is 0 Å². The number of anilines is 1. The Labute approximate surface area is 105 Å². The summed E-state index contributed by atoms with van der Waals surface area (Å²) in [6.45, 7) is 0.517. The van der Waals surface area contributed by atoms with E-state index in [1.165, 1.54) is 0 Å². The third-order valence-electron chi connectivity index (χ3n) is 3.74. The number of benzene rings is 1. The molecule has 2 aliphatic rings. The zero-order valence-electron chi connectivity index (χ0n) is 10.0. The smallest absolute Gasteiger partial charge is 0.311 e. The van der Waals surface area contributed by atoms with Crippen molar-refractivity contribution in [1.82, 2.24) is 0 Å². The molecule has 1 unspecified atom stereocenters. The predicted molar refractivity (Wildman–Crippen MR) is 66.5 cm³/mol. The molecule has 4 heteroatoms. The molecule has 0 radical (unpaired) electrons. The number of hydrogen-bond donors (Lipinski definition) is 1. The lowest BCUT2D eigenvalue weighted by Crippen LogP contribution is -2.39. The van der Waals surface area contributed by atoms with Gasteiger partial charge in [-0.25, -0.2) is 0 Å². The van der Waals surface area contributed by atoms with Gasteiger partial charge in [-0.2, -0.15) is 0 Å². The number of carboxylic acid groups (broad SMARTS) is 1. The second-order valence-corrected chi connectivity index (χ2v) is 5.00. The van der Waals surface area contributed by atoms with Gasteiger partial charge >= 0.3 is 5.97 Å². The number of carbonyl (C=O) groups is 2. The predicted octanol–water partition coefficient (Wildman–Crippen LogP) is 2.00. The lowest BCUT2D eigenvalue weighted by atomic mass is 9.90. The fraction of sp³-hybridized carbons (Fsp3) is 0.429. The number of aliphatic carboxylic acids is 1. The maximum atomic E-state index is 12.2. The molecule has 1 aromatic rings. The molecule has 4 nitrogen and oxygen atoms in total. The van der Waals surface area contributed by atoms with E-state index in [4.69, 9.17) is 0 Å². The number of amides is 1. The molecule has 1 atom stereocenters. The van der Waals surface area contributed by atoms with Crippen LogP contribution in [0.15, 0.2) is 24.3 Å². The van der Waals surface area contributed by atoms with Gasteiger partial charge in [0.05, 0.1) is 5.92 Å². The van der Waals surface area contributed by atoms with E-state index in [0.717, 1.165) is 24.1 Å². The summed E-state index contributed by atoms with van der Waals surface area (Å²) >= 11 is 0.